The van der Waals surface area contributed by atoms with Crippen molar-refractivity contribution in [3.8, 4) is 11.5 Å². The quantitative estimate of drug-likeness (QED) is 0.799. The fourth-order valence-corrected chi connectivity index (χ4v) is 4.25. The normalized spacial score (nSPS) is 18.5. The van der Waals surface area contributed by atoms with Crippen LogP contribution in [0.5, 0.6) is 11.5 Å². The molecular weight excluding hydrogens is 368 g/mol. The van der Waals surface area contributed by atoms with E-state index in [4.69, 9.17) is 9.47 Å². The maximum absolute atomic E-state index is 13.0. The van der Waals surface area contributed by atoms with Gasteiger partial charge in [0.05, 0.1) is 4.90 Å². The van der Waals surface area contributed by atoms with Crippen LogP contribution in [-0.4, -0.2) is 52.0 Å². The number of anilines is 1. The maximum Gasteiger partial charge on any atom is 0.271 e. The number of rotatable bonds is 3. The van der Waals surface area contributed by atoms with Gasteiger partial charge < -0.3 is 14.4 Å². The smallest absolute Gasteiger partial charge is 0.271 e. The van der Waals surface area contributed by atoms with E-state index in [1.807, 2.05) is 12.1 Å². The van der Waals surface area contributed by atoms with Gasteiger partial charge in [0.25, 0.3) is 5.91 Å². The first-order valence-corrected chi connectivity index (χ1v) is 10.1. The molecule has 2 heterocycles. The average molecular weight is 388 g/mol. The molecule has 142 valence electrons. The molecule has 4 rings (SSSR count). The topological polar surface area (TPSA) is 76.2 Å². The Morgan fingerprint density at radius 1 is 1.15 bits per heavy atom. The number of fused-ring (bicyclic) bond motifs is 2. The molecule has 0 saturated heterocycles. The molecule has 1 atom stereocenters. The van der Waals surface area contributed by atoms with Gasteiger partial charge in [0, 0.05) is 26.3 Å². The molecule has 1 amide bonds. The van der Waals surface area contributed by atoms with E-state index in [2.05, 4.69) is 0 Å². The fraction of sp³-hybridized carbons (Fsp3) is 0.316. The zero-order valence-corrected chi connectivity index (χ0v) is 15.9. The lowest BCUT2D eigenvalue weighted by molar-refractivity contribution is -0.127. The zero-order chi connectivity index (χ0) is 19.2. The molecule has 7 nitrogen and oxygen atoms in total. The number of sulfonamides is 1. The Balaban J connectivity index is 1.57. The number of carbonyl (C=O) groups is 1. The number of amides is 1. The van der Waals surface area contributed by atoms with Gasteiger partial charge >= 0.3 is 0 Å². The van der Waals surface area contributed by atoms with E-state index in [9.17, 15) is 13.2 Å². The van der Waals surface area contributed by atoms with Crippen molar-refractivity contribution in [3.05, 3.63) is 48.0 Å². The van der Waals surface area contributed by atoms with Gasteiger partial charge in [-0.3, -0.25) is 4.79 Å². The molecule has 0 N–H and O–H groups in total. The molecule has 0 bridgehead atoms. The summed E-state index contributed by atoms with van der Waals surface area (Å²) in [5.74, 6) is 0.988. The standard InChI is InChI=1S/C19H20N2O5S/c1-20(2)27(23,24)14-7-8-15-13(11-14)9-10-21(15)19(22)18-12-25-16-5-3-4-6-17(16)26-18/h3-8,11,18H,9-10,12H2,1-2H3/t18-/m0/s1. The number of carbonyl (C=O) groups excluding carboxylic acids is 1. The number of ether oxygens (including phenoxy) is 2. The first kappa shape index (κ1) is 17.8. The fourth-order valence-electron chi connectivity index (χ4n) is 3.29. The summed E-state index contributed by atoms with van der Waals surface area (Å²) in [5.41, 5.74) is 1.56. The van der Waals surface area contributed by atoms with Crippen molar-refractivity contribution in [1.82, 2.24) is 4.31 Å². The molecule has 0 radical (unpaired) electrons. The van der Waals surface area contributed by atoms with Crippen LogP contribution in [0.15, 0.2) is 47.4 Å². The number of nitrogens with zero attached hydrogens (tertiary/aromatic N) is 2. The Kier molecular flexibility index (Phi) is 4.32. The molecule has 0 unspecified atom stereocenters. The molecule has 0 fully saturated rings. The molecule has 2 aliphatic rings. The second kappa shape index (κ2) is 6.54. The third-order valence-corrected chi connectivity index (χ3v) is 6.59. The summed E-state index contributed by atoms with van der Waals surface area (Å²) in [5, 5.41) is 0. The van der Waals surface area contributed by atoms with Gasteiger partial charge in [-0.15, -0.1) is 0 Å². The van der Waals surface area contributed by atoms with E-state index in [-0.39, 0.29) is 17.4 Å². The van der Waals surface area contributed by atoms with Gasteiger partial charge in [0.2, 0.25) is 16.1 Å². The maximum atomic E-state index is 13.0. The summed E-state index contributed by atoms with van der Waals surface area (Å²) in [7, 11) is -0.512. The summed E-state index contributed by atoms with van der Waals surface area (Å²) in [6.07, 6.45) is -0.127. The summed E-state index contributed by atoms with van der Waals surface area (Å²) >= 11 is 0. The third kappa shape index (κ3) is 3.04. The average Bonchev–Trinajstić information content (AvgIpc) is 3.10. The Morgan fingerprint density at radius 3 is 2.63 bits per heavy atom. The minimum atomic E-state index is -3.50. The molecule has 2 aromatic rings. The minimum absolute atomic E-state index is 0.148. The van der Waals surface area contributed by atoms with Crippen LogP contribution in [0.2, 0.25) is 0 Å². The van der Waals surface area contributed by atoms with Crippen LogP contribution in [-0.2, 0) is 21.2 Å². The highest BCUT2D eigenvalue weighted by Gasteiger charge is 2.35. The number of para-hydroxylation sites is 2. The SMILES string of the molecule is CN(C)S(=O)(=O)c1ccc2c(c1)CCN2C(=O)[C@@H]1COc2ccccc2O1. The lowest BCUT2D eigenvalue weighted by Gasteiger charge is -2.29. The molecule has 8 heteroatoms. The van der Waals surface area contributed by atoms with Crippen LogP contribution < -0.4 is 14.4 Å². The van der Waals surface area contributed by atoms with Gasteiger partial charge in [0.1, 0.15) is 6.61 Å². The number of benzene rings is 2. The third-order valence-electron chi connectivity index (χ3n) is 4.78. The van der Waals surface area contributed by atoms with Crippen molar-refractivity contribution in [3.63, 3.8) is 0 Å². The van der Waals surface area contributed by atoms with Crippen molar-refractivity contribution in [2.24, 2.45) is 0 Å². The van der Waals surface area contributed by atoms with E-state index in [1.54, 1.807) is 29.2 Å². The van der Waals surface area contributed by atoms with Crippen molar-refractivity contribution in [2.75, 3.05) is 32.1 Å². The molecule has 0 spiro atoms. The molecular formula is C19H20N2O5S. The van der Waals surface area contributed by atoms with E-state index in [0.29, 0.717) is 24.5 Å². The number of hydrogen-bond acceptors (Lipinski definition) is 5. The molecule has 2 aromatic carbocycles. The second-order valence-corrected chi connectivity index (χ2v) is 8.83. The van der Waals surface area contributed by atoms with Crippen molar-refractivity contribution < 1.29 is 22.7 Å². The molecule has 0 aliphatic carbocycles. The van der Waals surface area contributed by atoms with Crippen LogP contribution in [0.1, 0.15) is 5.56 Å². The Labute approximate surface area is 158 Å². The van der Waals surface area contributed by atoms with Crippen LogP contribution >= 0.6 is 0 Å². The zero-order valence-electron chi connectivity index (χ0n) is 15.1. The highest BCUT2D eigenvalue weighted by atomic mass is 32.2. The van der Waals surface area contributed by atoms with Crippen LogP contribution in [0, 0.1) is 0 Å². The first-order valence-electron chi connectivity index (χ1n) is 8.63. The lowest BCUT2D eigenvalue weighted by atomic mass is 10.2. The van der Waals surface area contributed by atoms with Gasteiger partial charge in [0.15, 0.2) is 11.5 Å². The molecule has 2 aliphatic heterocycles. The van der Waals surface area contributed by atoms with Crippen molar-refractivity contribution in [2.45, 2.75) is 17.4 Å². The Bertz CT molecular complexity index is 1000. The predicted molar refractivity (Wildman–Crippen MR) is 99.7 cm³/mol. The Morgan fingerprint density at radius 2 is 1.89 bits per heavy atom. The van der Waals surface area contributed by atoms with Gasteiger partial charge in [-0.05, 0) is 42.3 Å². The summed E-state index contributed by atoms with van der Waals surface area (Å²) in [6, 6.07) is 12.1. The first-order chi connectivity index (χ1) is 12.9. The monoisotopic (exact) mass is 388 g/mol. The summed E-state index contributed by atoms with van der Waals surface area (Å²) in [6.45, 7) is 0.635. The van der Waals surface area contributed by atoms with Crippen LogP contribution in [0.4, 0.5) is 5.69 Å². The molecule has 0 aromatic heterocycles. The van der Waals surface area contributed by atoms with E-state index in [1.165, 1.54) is 24.5 Å². The van der Waals surface area contributed by atoms with E-state index in [0.717, 1.165) is 11.3 Å². The predicted octanol–water partition coefficient (Wildman–Crippen LogP) is 1.67. The van der Waals surface area contributed by atoms with Gasteiger partial charge in [-0.25, -0.2) is 12.7 Å². The second-order valence-electron chi connectivity index (χ2n) is 6.68. The molecule has 27 heavy (non-hydrogen) atoms. The van der Waals surface area contributed by atoms with Crippen molar-refractivity contribution >= 4 is 21.6 Å². The van der Waals surface area contributed by atoms with Crippen molar-refractivity contribution in [1.29, 1.82) is 0 Å². The van der Waals surface area contributed by atoms with Crippen LogP contribution in [0.3, 0.4) is 0 Å². The number of hydrogen-bond donors (Lipinski definition) is 0. The highest BCUT2D eigenvalue weighted by molar-refractivity contribution is 7.89. The minimum Gasteiger partial charge on any atom is -0.485 e. The van der Waals surface area contributed by atoms with Gasteiger partial charge in [-0.2, -0.15) is 0 Å². The molecule has 0 saturated carbocycles. The highest BCUT2D eigenvalue weighted by Crippen LogP contribution is 2.34. The van der Waals surface area contributed by atoms with E-state index >= 15 is 0 Å². The summed E-state index contributed by atoms with van der Waals surface area (Å²) in [4.78, 5) is 14.8. The summed E-state index contributed by atoms with van der Waals surface area (Å²) < 4.78 is 37.3. The lowest BCUT2D eigenvalue weighted by Crippen LogP contribution is -2.46. The largest absolute Gasteiger partial charge is 0.485 e. The Hall–Kier alpha value is -2.58. The van der Waals surface area contributed by atoms with Gasteiger partial charge in [-0.1, -0.05) is 12.1 Å². The van der Waals surface area contributed by atoms with Crippen LogP contribution in [0.25, 0.3) is 0 Å². The van der Waals surface area contributed by atoms with E-state index < -0.39 is 16.1 Å².